The number of anilines is 1. The van der Waals surface area contributed by atoms with Crippen molar-refractivity contribution in [3.8, 4) is 0 Å². The molecular formula is C19H28N4O5. The standard InChI is InChI=1S/C19H28N4O5/c1-13-11-22(18(25)28-19(2,3)4)12-14(13)17(24)21-10-9-20-15-7-5-6-8-16(15)23(26)27/h5-8,13-14,20H,9-12H2,1-4H3,(H,21,24)/t13-,14+/m0/s1. The van der Waals surface area contributed by atoms with Gasteiger partial charge in [-0.15, -0.1) is 0 Å². The van der Waals surface area contributed by atoms with E-state index in [1.807, 2.05) is 6.92 Å². The molecule has 28 heavy (non-hydrogen) atoms. The second kappa shape index (κ2) is 8.90. The number of ether oxygens (including phenoxy) is 1. The lowest BCUT2D eigenvalue weighted by molar-refractivity contribution is -0.384. The second-order valence-electron chi connectivity index (χ2n) is 7.96. The Balaban J connectivity index is 1.80. The van der Waals surface area contributed by atoms with Crippen molar-refractivity contribution in [3.05, 3.63) is 34.4 Å². The van der Waals surface area contributed by atoms with E-state index in [0.717, 1.165) is 0 Å². The van der Waals surface area contributed by atoms with Crippen molar-refractivity contribution in [1.29, 1.82) is 0 Å². The highest BCUT2D eigenvalue weighted by atomic mass is 16.6. The first kappa shape index (κ1) is 21.5. The monoisotopic (exact) mass is 392 g/mol. The molecule has 1 aromatic carbocycles. The highest BCUT2D eigenvalue weighted by Gasteiger charge is 2.38. The summed E-state index contributed by atoms with van der Waals surface area (Å²) in [6.45, 7) is 8.81. The number of hydrogen-bond donors (Lipinski definition) is 2. The van der Waals surface area contributed by atoms with Crippen LogP contribution in [0.3, 0.4) is 0 Å². The highest BCUT2D eigenvalue weighted by Crippen LogP contribution is 2.25. The summed E-state index contributed by atoms with van der Waals surface area (Å²) in [4.78, 5) is 36.8. The van der Waals surface area contributed by atoms with E-state index >= 15 is 0 Å². The van der Waals surface area contributed by atoms with Gasteiger partial charge in [0.05, 0.1) is 10.8 Å². The molecule has 2 N–H and O–H groups in total. The maximum absolute atomic E-state index is 12.5. The van der Waals surface area contributed by atoms with E-state index in [2.05, 4.69) is 10.6 Å². The number of nitrogens with one attached hydrogen (secondary N) is 2. The summed E-state index contributed by atoms with van der Waals surface area (Å²) >= 11 is 0. The smallest absolute Gasteiger partial charge is 0.410 e. The van der Waals surface area contributed by atoms with Gasteiger partial charge in [-0.25, -0.2) is 4.79 Å². The number of carbonyl (C=O) groups is 2. The lowest BCUT2D eigenvalue weighted by Crippen LogP contribution is -2.38. The number of nitrogens with zero attached hydrogens (tertiary/aromatic N) is 2. The molecule has 0 radical (unpaired) electrons. The Morgan fingerprint density at radius 1 is 1.25 bits per heavy atom. The molecule has 2 atom stereocenters. The number of carbonyl (C=O) groups excluding carboxylic acids is 2. The van der Waals surface area contributed by atoms with E-state index in [4.69, 9.17) is 4.74 Å². The molecule has 0 bridgehead atoms. The van der Waals surface area contributed by atoms with Gasteiger partial charge in [0.25, 0.3) is 5.69 Å². The van der Waals surface area contributed by atoms with Crippen LogP contribution in [-0.2, 0) is 9.53 Å². The van der Waals surface area contributed by atoms with Crippen LogP contribution >= 0.6 is 0 Å². The molecular weight excluding hydrogens is 364 g/mol. The minimum Gasteiger partial charge on any atom is -0.444 e. The van der Waals surface area contributed by atoms with Crippen LogP contribution in [0.4, 0.5) is 16.2 Å². The molecule has 2 rings (SSSR count). The molecule has 9 nitrogen and oxygen atoms in total. The van der Waals surface area contributed by atoms with Gasteiger partial charge < -0.3 is 20.3 Å². The number of rotatable bonds is 6. The second-order valence-corrected chi connectivity index (χ2v) is 7.96. The van der Waals surface area contributed by atoms with E-state index in [9.17, 15) is 19.7 Å². The van der Waals surface area contributed by atoms with Gasteiger partial charge in [-0.3, -0.25) is 14.9 Å². The summed E-state index contributed by atoms with van der Waals surface area (Å²) in [6.07, 6.45) is -0.410. The first-order chi connectivity index (χ1) is 13.1. The maximum atomic E-state index is 12.5. The van der Waals surface area contributed by atoms with Crippen molar-refractivity contribution in [2.45, 2.75) is 33.3 Å². The summed E-state index contributed by atoms with van der Waals surface area (Å²) < 4.78 is 5.37. The van der Waals surface area contributed by atoms with Crippen molar-refractivity contribution in [2.75, 3.05) is 31.5 Å². The molecule has 9 heteroatoms. The van der Waals surface area contributed by atoms with Crippen molar-refractivity contribution in [3.63, 3.8) is 0 Å². The number of likely N-dealkylation sites (tertiary alicyclic amines) is 1. The average molecular weight is 392 g/mol. The van der Waals surface area contributed by atoms with Crippen molar-refractivity contribution >= 4 is 23.4 Å². The Morgan fingerprint density at radius 3 is 2.57 bits per heavy atom. The Kier molecular flexibility index (Phi) is 6.82. The van der Waals surface area contributed by atoms with Crippen LogP contribution in [0.25, 0.3) is 0 Å². The van der Waals surface area contributed by atoms with Gasteiger partial charge in [-0.05, 0) is 32.8 Å². The molecule has 1 heterocycles. The predicted molar refractivity (Wildman–Crippen MR) is 105 cm³/mol. The van der Waals surface area contributed by atoms with Crippen LogP contribution in [0.2, 0.25) is 0 Å². The molecule has 154 valence electrons. The summed E-state index contributed by atoms with van der Waals surface area (Å²) in [5.41, 5.74) is -0.176. The fourth-order valence-corrected chi connectivity index (χ4v) is 3.08. The summed E-state index contributed by atoms with van der Waals surface area (Å²) in [5, 5.41) is 16.8. The number of nitro groups is 1. The lowest BCUT2D eigenvalue weighted by atomic mass is 9.97. The molecule has 1 aliphatic rings. The Hall–Kier alpha value is -2.84. The van der Waals surface area contributed by atoms with Crippen LogP contribution in [0.1, 0.15) is 27.7 Å². The van der Waals surface area contributed by atoms with Crippen molar-refractivity contribution < 1.29 is 19.2 Å². The zero-order valence-electron chi connectivity index (χ0n) is 16.7. The van der Waals surface area contributed by atoms with Crippen LogP contribution in [0.5, 0.6) is 0 Å². The molecule has 1 aliphatic heterocycles. The third-order valence-electron chi connectivity index (χ3n) is 4.44. The van der Waals surface area contributed by atoms with Gasteiger partial charge in [-0.2, -0.15) is 0 Å². The van der Waals surface area contributed by atoms with E-state index in [1.165, 1.54) is 6.07 Å². The predicted octanol–water partition coefficient (Wildman–Crippen LogP) is 2.63. The number of benzene rings is 1. The fraction of sp³-hybridized carbons (Fsp3) is 0.579. The van der Waals surface area contributed by atoms with Gasteiger partial charge in [0.2, 0.25) is 5.91 Å². The first-order valence-electron chi connectivity index (χ1n) is 9.31. The largest absolute Gasteiger partial charge is 0.444 e. The Morgan fingerprint density at radius 2 is 1.93 bits per heavy atom. The van der Waals surface area contributed by atoms with Crippen LogP contribution < -0.4 is 10.6 Å². The summed E-state index contributed by atoms with van der Waals surface area (Å²) in [6, 6.07) is 6.35. The average Bonchev–Trinajstić information content (AvgIpc) is 2.99. The number of nitro benzene ring substituents is 1. The SMILES string of the molecule is C[C@H]1CN(C(=O)OC(C)(C)C)C[C@H]1C(=O)NCCNc1ccccc1[N+](=O)[O-]. The van der Waals surface area contributed by atoms with Gasteiger partial charge in [0.1, 0.15) is 11.3 Å². The zero-order valence-corrected chi connectivity index (χ0v) is 16.7. The third kappa shape index (κ3) is 5.83. The van der Waals surface area contributed by atoms with Crippen LogP contribution in [-0.4, -0.2) is 53.6 Å². The lowest BCUT2D eigenvalue weighted by Gasteiger charge is -2.24. The summed E-state index contributed by atoms with van der Waals surface area (Å²) in [7, 11) is 0. The molecule has 0 aromatic heterocycles. The number of amides is 2. The molecule has 1 aromatic rings. The van der Waals surface area contributed by atoms with E-state index in [-0.39, 0.29) is 23.4 Å². The molecule has 1 saturated heterocycles. The third-order valence-corrected chi connectivity index (χ3v) is 4.44. The minimum absolute atomic E-state index is 0.00811. The van der Waals surface area contributed by atoms with Gasteiger partial charge in [0.15, 0.2) is 0 Å². The van der Waals surface area contributed by atoms with Gasteiger partial charge >= 0.3 is 6.09 Å². The minimum atomic E-state index is -0.577. The summed E-state index contributed by atoms with van der Waals surface area (Å²) in [5.74, 6) is -0.419. The molecule has 2 amide bonds. The van der Waals surface area contributed by atoms with Gasteiger partial charge in [0, 0.05) is 32.2 Å². The van der Waals surface area contributed by atoms with Crippen LogP contribution in [0, 0.1) is 22.0 Å². The Bertz CT molecular complexity index is 731. The normalized spacial score (nSPS) is 19.2. The van der Waals surface area contributed by atoms with Crippen molar-refractivity contribution in [1.82, 2.24) is 10.2 Å². The molecule has 0 unspecified atom stereocenters. The van der Waals surface area contributed by atoms with E-state index < -0.39 is 16.6 Å². The zero-order chi connectivity index (χ0) is 20.9. The topological polar surface area (TPSA) is 114 Å². The van der Waals surface area contributed by atoms with E-state index in [1.54, 1.807) is 43.9 Å². The Labute approximate surface area is 164 Å². The van der Waals surface area contributed by atoms with Crippen molar-refractivity contribution in [2.24, 2.45) is 11.8 Å². The number of hydrogen-bond acceptors (Lipinski definition) is 6. The molecule has 0 saturated carbocycles. The fourth-order valence-electron chi connectivity index (χ4n) is 3.08. The van der Waals surface area contributed by atoms with Gasteiger partial charge in [-0.1, -0.05) is 19.1 Å². The highest BCUT2D eigenvalue weighted by molar-refractivity contribution is 5.81. The molecule has 0 aliphatic carbocycles. The number of para-hydroxylation sites is 2. The first-order valence-corrected chi connectivity index (χ1v) is 9.31. The quantitative estimate of drug-likeness (QED) is 0.437. The molecule has 1 fully saturated rings. The maximum Gasteiger partial charge on any atom is 0.410 e. The molecule has 0 spiro atoms. The van der Waals surface area contributed by atoms with Crippen LogP contribution in [0.15, 0.2) is 24.3 Å². The van der Waals surface area contributed by atoms with E-state index in [0.29, 0.717) is 31.9 Å².